The molecule has 1 heterocycles. The predicted octanol–water partition coefficient (Wildman–Crippen LogP) is 4.28. The van der Waals surface area contributed by atoms with Crippen molar-refractivity contribution in [2.24, 2.45) is 0 Å². The quantitative estimate of drug-likeness (QED) is 0.809. The standard InChI is InChI=1S/C14H16INS/c1-9-8-10(2)17-14(9)13(16-3)11-4-6-12(15)7-5-11/h4-8,13,16H,1-3H3. The van der Waals surface area contributed by atoms with Crippen LogP contribution in [0.1, 0.15) is 26.9 Å². The summed E-state index contributed by atoms with van der Waals surface area (Å²) in [7, 11) is 2.02. The van der Waals surface area contributed by atoms with Crippen LogP contribution in [0, 0.1) is 17.4 Å². The Morgan fingerprint density at radius 3 is 2.29 bits per heavy atom. The lowest BCUT2D eigenvalue weighted by Crippen LogP contribution is -2.17. The highest BCUT2D eigenvalue weighted by Crippen LogP contribution is 2.31. The first-order valence-corrected chi connectivity index (χ1v) is 7.51. The van der Waals surface area contributed by atoms with E-state index >= 15 is 0 Å². The SMILES string of the molecule is CNC(c1ccc(I)cc1)c1sc(C)cc1C. The van der Waals surface area contributed by atoms with Gasteiger partial charge in [-0.05, 0) is 72.8 Å². The molecule has 0 aliphatic carbocycles. The van der Waals surface area contributed by atoms with Crippen LogP contribution >= 0.6 is 33.9 Å². The molecule has 2 aromatic rings. The highest BCUT2D eigenvalue weighted by atomic mass is 127. The maximum Gasteiger partial charge on any atom is 0.0671 e. The lowest BCUT2D eigenvalue weighted by Gasteiger charge is -2.16. The zero-order valence-corrected chi connectivity index (χ0v) is 13.2. The molecular weight excluding hydrogens is 341 g/mol. The first kappa shape index (κ1) is 13.1. The van der Waals surface area contributed by atoms with Gasteiger partial charge in [-0.3, -0.25) is 0 Å². The molecule has 1 atom stereocenters. The first-order valence-electron chi connectivity index (χ1n) is 5.61. The highest BCUT2D eigenvalue weighted by molar-refractivity contribution is 14.1. The van der Waals surface area contributed by atoms with E-state index in [0.29, 0.717) is 6.04 Å². The van der Waals surface area contributed by atoms with E-state index < -0.39 is 0 Å². The summed E-state index contributed by atoms with van der Waals surface area (Å²) in [6.45, 7) is 4.36. The molecule has 0 fully saturated rings. The van der Waals surface area contributed by atoms with Gasteiger partial charge in [0.1, 0.15) is 0 Å². The summed E-state index contributed by atoms with van der Waals surface area (Å²) < 4.78 is 1.28. The van der Waals surface area contributed by atoms with Crippen molar-refractivity contribution >= 4 is 33.9 Å². The molecule has 17 heavy (non-hydrogen) atoms. The lowest BCUT2D eigenvalue weighted by atomic mass is 10.0. The Bertz CT molecular complexity index is 501. The zero-order chi connectivity index (χ0) is 12.4. The van der Waals surface area contributed by atoms with Crippen molar-refractivity contribution in [2.75, 3.05) is 7.05 Å². The molecule has 1 N–H and O–H groups in total. The number of benzene rings is 1. The molecule has 1 nitrogen and oxygen atoms in total. The van der Waals surface area contributed by atoms with Crippen LogP contribution in [0.5, 0.6) is 0 Å². The van der Waals surface area contributed by atoms with Crippen molar-refractivity contribution in [1.82, 2.24) is 5.32 Å². The minimum atomic E-state index is 0.311. The number of nitrogens with one attached hydrogen (secondary N) is 1. The average molecular weight is 357 g/mol. The summed E-state index contributed by atoms with van der Waals surface area (Å²) in [6, 6.07) is 11.3. The van der Waals surface area contributed by atoms with Gasteiger partial charge in [0, 0.05) is 13.3 Å². The second-order valence-electron chi connectivity index (χ2n) is 4.18. The third-order valence-corrected chi connectivity index (χ3v) is 4.77. The van der Waals surface area contributed by atoms with Crippen LogP contribution in [0.3, 0.4) is 0 Å². The van der Waals surface area contributed by atoms with E-state index in [0.717, 1.165) is 0 Å². The normalized spacial score (nSPS) is 12.7. The number of rotatable bonds is 3. The molecular formula is C14H16INS. The van der Waals surface area contributed by atoms with Crippen LogP contribution in [0.15, 0.2) is 30.3 Å². The molecule has 1 aromatic carbocycles. The summed E-state index contributed by atoms with van der Waals surface area (Å²) in [6.07, 6.45) is 0. The molecule has 3 heteroatoms. The number of aryl methyl sites for hydroxylation is 2. The van der Waals surface area contributed by atoms with Crippen molar-refractivity contribution in [1.29, 1.82) is 0 Å². The number of thiophene rings is 1. The van der Waals surface area contributed by atoms with Gasteiger partial charge in [-0.15, -0.1) is 11.3 Å². The predicted molar refractivity (Wildman–Crippen MR) is 83.9 cm³/mol. The van der Waals surface area contributed by atoms with E-state index in [2.05, 4.69) is 72.1 Å². The van der Waals surface area contributed by atoms with E-state index in [9.17, 15) is 0 Å². The number of halogens is 1. The van der Waals surface area contributed by atoms with Gasteiger partial charge in [-0.1, -0.05) is 12.1 Å². The molecule has 0 bridgehead atoms. The summed E-state index contributed by atoms with van der Waals surface area (Å²) in [5, 5.41) is 3.42. The molecule has 0 spiro atoms. The van der Waals surface area contributed by atoms with Crippen molar-refractivity contribution in [3.63, 3.8) is 0 Å². The minimum Gasteiger partial charge on any atom is -0.309 e. The molecule has 0 aliphatic rings. The van der Waals surface area contributed by atoms with Crippen molar-refractivity contribution in [3.05, 3.63) is 54.8 Å². The van der Waals surface area contributed by atoms with Crippen LogP contribution < -0.4 is 5.32 Å². The van der Waals surface area contributed by atoms with E-state index in [-0.39, 0.29) is 0 Å². The largest absolute Gasteiger partial charge is 0.309 e. The lowest BCUT2D eigenvalue weighted by molar-refractivity contribution is 0.700. The maximum atomic E-state index is 3.42. The monoisotopic (exact) mass is 357 g/mol. The molecule has 0 radical (unpaired) electrons. The average Bonchev–Trinajstić information content (AvgIpc) is 2.62. The van der Waals surface area contributed by atoms with E-state index in [1.54, 1.807) is 0 Å². The topological polar surface area (TPSA) is 12.0 Å². The van der Waals surface area contributed by atoms with Crippen LogP contribution in [0.25, 0.3) is 0 Å². The highest BCUT2D eigenvalue weighted by Gasteiger charge is 2.16. The second-order valence-corrected chi connectivity index (χ2v) is 6.71. The third kappa shape index (κ3) is 2.89. The van der Waals surface area contributed by atoms with Crippen LogP contribution in [0.2, 0.25) is 0 Å². The fraction of sp³-hybridized carbons (Fsp3) is 0.286. The molecule has 1 aromatic heterocycles. The summed E-state index contributed by atoms with van der Waals surface area (Å²) in [5.74, 6) is 0. The molecule has 90 valence electrons. The summed E-state index contributed by atoms with van der Waals surface area (Å²) >= 11 is 4.22. The summed E-state index contributed by atoms with van der Waals surface area (Å²) in [4.78, 5) is 2.80. The Morgan fingerprint density at radius 2 is 1.82 bits per heavy atom. The van der Waals surface area contributed by atoms with Crippen molar-refractivity contribution in [3.8, 4) is 0 Å². The first-order chi connectivity index (χ1) is 8.11. The Morgan fingerprint density at radius 1 is 1.18 bits per heavy atom. The van der Waals surface area contributed by atoms with Gasteiger partial charge in [-0.25, -0.2) is 0 Å². The van der Waals surface area contributed by atoms with E-state index in [1.165, 1.54) is 24.5 Å². The third-order valence-electron chi connectivity index (χ3n) is 2.83. The van der Waals surface area contributed by atoms with Gasteiger partial charge >= 0.3 is 0 Å². The molecule has 0 aliphatic heterocycles. The van der Waals surface area contributed by atoms with Crippen molar-refractivity contribution < 1.29 is 0 Å². The Balaban J connectivity index is 2.39. The Kier molecular flexibility index (Phi) is 4.22. The minimum absolute atomic E-state index is 0.311. The van der Waals surface area contributed by atoms with Gasteiger partial charge in [-0.2, -0.15) is 0 Å². The number of hydrogen-bond donors (Lipinski definition) is 1. The van der Waals surface area contributed by atoms with Gasteiger partial charge in [0.2, 0.25) is 0 Å². The van der Waals surface area contributed by atoms with Crippen LogP contribution in [-0.2, 0) is 0 Å². The summed E-state index contributed by atoms with van der Waals surface area (Å²) in [5.41, 5.74) is 2.71. The zero-order valence-electron chi connectivity index (χ0n) is 10.3. The Labute approximate surface area is 120 Å². The van der Waals surface area contributed by atoms with Crippen molar-refractivity contribution in [2.45, 2.75) is 19.9 Å². The van der Waals surface area contributed by atoms with E-state index in [4.69, 9.17) is 0 Å². The molecule has 0 saturated carbocycles. The van der Waals surface area contributed by atoms with Crippen LogP contribution in [-0.4, -0.2) is 7.05 Å². The smallest absolute Gasteiger partial charge is 0.0671 e. The van der Waals surface area contributed by atoms with Gasteiger partial charge in [0.15, 0.2) is 0 Å². The van der Waals surface area contributed by atoms with Gasteiger partial charge < -0.3 is 5.32 Å². The molecule has 0 saturated heterocycles. The second kappa shape index (κ2) is 5.50. The Hall–Kier alpha value is -0.390. The fourth-order valence-electron chi connectivity index (χ4n) is 2.05. The maximum absolute atomic E-state index is 3.42. The molecule has 2 rings (SSSR count). The van der Waals surface area contributed by atoms with Gasteiger partial charge in [0.05, 0.1) is 6.04 Å². The molecule has 0 amide bonds. The van der Waals surface area contributed by atoms with E-state index in [1.807, 2.05) is 18.4 Å². The number of hydrogen-bond acceptors (Lipinski definition) is 2. The van der Waals surface area contributed by atoms with Crippen LogP contribution in [0.4, 0.5) is 0 Å². The van der Waals surface area contributed by atoms with Gasteiger partial charge in [0.25, 0.3) is 0 Å². The molecule has 1 unspecified atom stereocenters. The fourth-order valence-corrected chi connectivity index (χ4v) is 3.58.